The Morgan fingerprint density at radius 2 is 2.59 bits per heavy atom. The summed E-state index contributed by atoms with van der Waals surface area (Å²) < 4.78 is 5.79. The SMILES string of the molecule is OC(Cc1cncs1)C1CN2CCCC2CO1. The van der Waals surface area contributed by atoms with Crippen molar-refractivity contribution in [2.45, 2.75) is 37.5 Å². The first kappa shape index (κ1) is 11.6. The third-order valence-electron chi connectivity index (χ3n) is 3.74. The van der Waals surface area contributed by atoms with Crippen LogP contribution in [0.2, 0.25) is 0 Å². The van der Waals surface area contributed by atoms with Gasteiger partial charge in [0.05, 0.1) is 24.3 Å². The van der Waals surface area contributed by atoms with Gasteiger partial charge in [-0.15, -0.1) is 11.3 Å². The van der Waals surface area contributed by atoms with Gasteiger partial charge in [0.25, 0.3) is 0 Å². The molecule has 0 amide bonds. The van der Waals surface area contributed by atoms with E-state index in [1.807, 2.05) is 6.20 Å². The topological polar surface area (TPSA) is 45.6 Å². The lowest BCUT2D eigenvalue weighted by Gasteiger charge is -2.37. The summed E-state index contributed by atoms with van der Waals surface area (Å²) in [5.74, 6) is 0. The number of ether oxygens (including phenoxy) is 1. The molecule has 2 aliphatic heterocycles. The highest BCUT2D eigenvalue weighted by Gasteiger charge is 2.35. The third-order valence-corrected chi connectivity index (χ3v) is 4.54. The summed E-state index contributed by atoms with van der Waals surface area (Å²) in [6.07, 6.45) is 4.57. The van der Waals surface area contributed by atoms with E-state index in [2.05, 4.69) is 9.88 Å². The van der Waals surface area contributed by atoms with Crippen molar-refractivity contribution >= 4 is 11.3 Å². The van der Waals surface area contributed by atoms with Gasteiger partial charge in [-0.05, 0) is 19.4 Å². The fourth-order valence-corrected chi connectivity index (χ4v) is 3.40. The lowest BCUT2D eigenvalue weighted by atomic mass is 10.1. The van der Waals surface area contributed by atoms with Gasteiger partial charge in [0.2, 0.25) is 0 Å². The summed E-state index contributed by atoms with van der Waals surface area (Å²) in [5.41, 5.74) is 1.81. The molecule has 3 heterocycles. The standard InChI is InChI=1S/C12H18N2O2S/c15-11(4-10-5-13-8-17-10)12-6-14-3-1-2-9(14)7-16-12/h5,8-9,11-12,15H,1-4,6-7H2. The van der Waals surface area contributed by atoms with Crippen LogP contribution in [0.5, 0.6) is 0 Å². The van der Waals surface area contributed by atoms with E-state index in [9.17, 15) is 5.11 Å². The van der Waals surface area contributed by atoms with Gasteiger partial charge in [0.15, 0.2) is 0 Å². The molecule has 0 aromatic carbocycles. The van der Waals surface area contributed by atoms with Crippen LogP contribution in [0.15, 0.2) is 11.7 Å². The molecule has 0 aliphatic carbocycles. The van der Waals surface area contributed by atoms with E-state index >= 15 is 0 Å². The summed E-state index contributed by atoms with van der Waals surface area (Å²) in [6.45, 7) is 2.83. The molecule has 0 radical (unpaired) electrons. The molecule has 1 aromatic heterocycles. The van der Waals surface area contributed by atoms with E-state index in [0.29, 0.717) is 12.5 Å². The number of nitrogens with zero attached hydrogens (tertiary/aromatic N) is 2. The number of fused-ring (bicyclic) bond motifs is 1. The molecule has 2 aliphatic rings. The number of morpholine rings is 1. The van der Waals surface area contributed by atoms with Crippen LogP contribution in [0.1, 0.15) is 17.7 Å². The predicted octanol–water partition coefficient (Wildman–Crippen LogP) is 0.910. The van der Waals surface area contributed by atoms with Crippen molar-refractivity contribution in [3.63, 3.8) is 0 Å². The summed E-state index contributed by atoms with van der Waals surface area (Å²) in [7, 11) is 0. The Balaban J connectivity index is 1.57. The molecule has 0 spiro atoms. The number of aliphatic hydroxyl groups excluding tert-OH is 1. The second kappa shape index (κ2) is 5.02. The van der Waals surface area contributed by atoms with Crippen molar-refractivity contribution in [1.82, 2.24) is 9.88 Å². The summed E-state index contributed by atoms with van der Waals surface area (Å²) in [4.78, 5) is 7.62. The lowest BCUT2D eigenvalue weighted by Crippen LogP contribution is -2.50. The first-order valence-corrected chi connectivity index (χ1v) is 7.12. The Kier molecular flexibility index (Phi) is 3.42. The van der Waals surface area contributed by atoms with Crippen molar-refractivity contribution in [3.05, 3.63) is 16.6 Å². The molecule has 3 atom stereocenters. The van der Waals surface area contributed by atoms with Crippen LogP contribution < -0.4 is 0 Å². The number of hydrogen-bond acceptors (Lipinski definition) is 5. The van der Waals surface area contributed by atoms with Crippen molar-refractivity contribution in [2.75, 3.05) is 19.7 Å². The molecule has 2 fully saturated rings. The zero-order chi connectivity index (χ0) is 11.7. The van der Waals surface area contributed by atoms with Crippen molar-refractivity contribution in [1.29, 1.82) is 0 Å². The van der Waals surface area contributed by atoms with E-state index in [0.717, 1.165) is 24.6 Å². The number of hydrogen-bond donors (Lipinski definition) is 1. The van der Waals surface area contributed by atoms with Crippen molar-refractivity contribution in [2.24, 2.45) is 0 Å². The Hall–Kier alpha value is -0.490. The van der Waals surface area contributed by atoms with Crippen LogP contribution in [0.25, 0.3) is 0 Å². The molecule has 1 aromatic rings. The Morgan fingerprint density at radius 1 is 1.65 bits per heavy atom. The summed E-state index contributed by atoms with van der Waals surface area (Å²) in [5, 5.41) is 10.2. The minimum Gasteiger partial charge on any atom is -0.390 e. The Labute approximate surface area is 105 Å². The maximum Gasteiger partial charge on any atom is 0.0964 e. The van der Waals surface area contributed by atoms with Crippen molar-refractivity contribution in [3.8, 4) is 0 Å². The number of aromatic nitrogens is 1. The van der Waals surface area contributed by atoms with Gasteiger partial charge in [0, 0.05) is 30.1 Å². The molecule has 5 heteroatoms. The highest BCUT2D eigenvalue weighted by molar-refractivity contribution is 7.09. The summed E-state index contributed by atoms with van der Waals surface area (Å²) in [6, 6.07) is 0.599. The largest absolute Gasteiger partial charge is 0.390 e. The molecule has 4 nitrogen and oxygen atoms in total. The van der Waals surface area contributed by atoms with Crippen LogP contribution in [0.3, 0.4) is 0 Å². The van der Waals surface area contributed by atoms with E-state index in [1.165, 1.54) is 12.8 Å². The van der Waals surface area contributed by atoms with Gasteiger partial charge in [0.1, 0.15) is 0 Å². The molecular formula is C12H18N2O2S. The van der Waals surface area contributed by atoms with Crippen LogP contribution in [0.4, 0.5) is 0 Å². The smallest absolute Gasteiger partial charge is 0.0964 e. The van der Waals surface area contributed by atoms with Gasteiger partial charge in [-0.3, -0.25) is 9.88 Å². The quantitative estimate of drug-likeness (QED) is 0.871. The van der Waals surface area contributed by atoms with Crippen LogP contribution in [-0.2, 0) is 11.2 Å². The fourth-order valence-electron chi connectivity index (χ4n) is 2.76. The lowest BCUT2D eigenvalue weighted by molar-refractivity contribution is -0.101. The highest BCUT2D eigenvalue weighted by atomic mass is 32.1. The van der Waals surface area contributed by atoms with Gasteiger partial charge in [-0.25, -0.2) is 0 Å². The minimum atomic E-state index is -0.406. The summed E-state index contributed by atoms with van der Waals surface area (Å²) >= 11 is 1.59. The van der Waals surface area contributed by atoms with Crippen LogP contribution in [0, 0.1) is 0 Å². The number of thiazole rings is 1. The average molecular weight is 254 g/mol. The fraction of sp³-hybridized carbons (Fsp3) is 0.750. The molecule has 94 valence electrons. The number of aliphatic hydroxyl groups is 1. The average Bonchev–Trinajstić information content (AvgIpc) is 2.97. The molecule has 2 saturated heterocycles. The maximum absolute atomic E-state index is 10.2. The molecular weight excluding hydrogens is 236 g/mol. The van der Waals surface area contributed by atoms with Gasteiger partial charge >= 0.3 is 0 Å². The van der Waals surface area contributed by atoms with E-state index in [1.54, 1.807) is 16.8 Å². The first-order chi connectivity index (χ1) is 8.33. The Bertz CT molecular complexity index is 357. The zero-order valence-corrected chi connectivity index (χ0v) is 10.6. The van der Waals surface area contributed by atoms with Crippen LogP contribution >= 0.6 is 11.3 Å². The molecule has 0 bridgehead atoms. The second-order valence-corrected chi connectivity index (χ2v) is 5.87. The van der Waals surface area contributed by atoms with Gasteiger partial charge < -0.3 is 9.84 Å². The van der Waals surface area contributed by atoms with E-state index in [4.69, 9.17) is 4.74 Å². The minimum absolute atomic E-state index is 0.0357. The second-order valence-electron chi connectivity index (χ2n) is 4.90. The number of rotatable bonds is 3. The first-order valence-electron chi connectivity index (χ1n) is 6.24. The highest BCUT2D eigenvalue weighted by Crippen LogP contribution is 2.24. The van der Waals surface area contributed by atoms with E-state index < -0.39 is 6.10 Å². The van der Waals surface area contributed by atoms with Crippen molar-refractivity contribution < 1.29 is 9.84 Å². The molecule has 3 unspecified atom stereocenters. The predicted molar refractivity (Wildman–Crippen MR) is 66.2 cm³/mol. The maximum atomic E-state index is 10.2. The molecule has 3 rings (SSSR count). The third kappa shape index (κ3) is 2.52. The normalized spacial score (nSPS) is 31.4. The van der Waals surface area contributed by atoms with E-state index in [-0.39, 0.29) is 6.10 Å². The van der Waals surface area contributed by atoms with Crippen LogP contribution in [-0.4, -0.2) is 52.9 Å². The molecule has 17 heavy (non-hydrogen) atoms. The van der Waals surface area contributed by atoms with Gasteiger partial charge in [-0.1, -0.05) is 0 Å². The van der Waals surface area contributed by atoms with Gasteiger partial charge in [-0.2, -0.15) is 0 Å². The monoisotopic (exact) mass is 254 g/mol. The zero-order valence-electron chi connectivity index (χ0n) is 9.79. The Morgan fingerprint density at radius 3 is 3.41 bits per heavy atom. The molecule has 0 saturated carbocycles. The molecule has 1 N–H and O–H groups in total.